The van der Waals surface area contributed by atoms with Gasteiger partial charge in [-0.3, -0.25) is 19.7 Å². The zero-order valence-corrected chi connectivity index (χ0v) is 12.0. The Morgan fingerprint density at radius 3 is 2.30 bits per heavy atom. The molecule has 0 N–H and O–H groups in total. The smallest absolute Gasteiger partial charge is 0.297 e. The normalized spacial score (nSPS) is 30.9. The first kappa shape index (κ1) is 13.9. The van der Waals surface area contributed by atoms with E-state index in [4.69, 9.17) is 9.47 Å². The molecule has 0 spiro atoms. The van der Waals surface area contributed by atoms with Crippen LogP contribution in [0.5, 0.6) is 5.75 Å². The molecule has 2 saturated heterocycles. The summed E-state index contributed by atoms with van der Waals surface area (Å²) < 4.78 is 10.5. The summed E-state index contributed by atoms with van der Waals surface area (Å²) in [5.41, 5.74) is -0.369. The Hall–Kier alpha value is -2.74. The Morgan fingerprint density at radius 2 is 1.78 bits per heavy atom. The molecule has 2 amide bonds. The summed E-state index contributed by atoms with van der Waals surface area (Å²) in [5, 5.41) is 11.3. The van der Waals surface area contributed by atoms with Crippen molar-refractivity contribution >= 4 is 23.2 Å². The quantitative estimate of drug-likeness (QED) is 0.358. The number of carbonyl (C=O) groups is 2. The van der Waals surface area contributed by atoms with Crippen LogP contribution in [0, 0.1) is 22.0 Å². The van der Waals surface area contributed by atoms with Gasteiger partial charge < -0.3 is 9.47 Å². The first-order chi connectivity index (χ1) is 11.0. The fourth-order valence-electron chi connectivity index (χ4n) is 3.51. The number of benzene rings is 1. The molecule has 8 nitrogen and oxygen atoms in total. The summed E-state index contributed by atoms with van der Waals surface area (Å²) in [4.78, 5) is 36.9. The van der Waals surface area contributed by atoms with Crippen LogP contribution in [0.3, 0.4) is 0 Å². The molecule has 4 rings (SSSR count). The summed E-state index contributed by atoms with van der Waals surface area (Å²) in [6.45, 7) is 0. The number of nitro benzene ring substituents is 1. The lowest BCUT2D eigenvalue weighted by Gasteiger charge is -2.17. The van der Waals surface area contributed by atoms with Gasteiger partial charge in [-0.25, -0.2) is 4.90 Å². The highest BCUT2D eigenvalue weighted by atomic mass is 16.6. The van der Waals surface area contributed by atoms with Crippen LogP contribution in [0.2, 0.25) is 0 Å². The number of rotatable bonds is 3. The molecule has 8 heteroatoms. The second-order valence-electron chi connectivity index (χ2n) is 5.63. The number of nitro groups is 1. The molecule has 1 aromatic carbocycles. The molecule has 23 heavy (non-hydrogen) atoms. The molecule has 0 saturated carbocycles. The van der Waals surface area contributed by atoms with Gasteiger partial charge in [0.1, 0.15) is 11.4 Å². The van der Waals surface area contributed by atoms with Gasteiger partial charge in [0, 0.05) is 0 Å². The van der Waals surface area contributed by atoms with E-state index in [2.05, 4.69) is 0 Å². The third-order valence-electron chi connectivity index (χ3n) is 4.53. The van der Waals surface area contributed by atoms with Crippen LogP contribution in [-0.2, 0) is 14.3 Å². The van der Waals surface area contributed by atoms with Crippen molar-refractivity contribution in [3.63, 3.8) is 0 Å². The highest BCUT2D eigenvalue weighted by Crippen LogP contribution is 2.47. The predicted molar refractivity (Wildman–Crippen MR) is 76.9 cm³/mol. The third-order valence-corrected chi connectivity index (χ3v) is 4.53. The molecule has 118 valence electrons. The van der Waals surface area contributed by atoms with Gasteiger partial charge in [0.15, 0.2) is 0 Å². The van der Waals surface area contributed by atoms with Gasteiger partial charge in [0.25, 0.3) is 5.69 Å². The number of hydrogen-bond donors (Lipinski definition) is 0. The van der Waals surface area contributed by atoms with Crippen molar-refractivity contribution in [1.82, 2.24) is 0 Å². The number of methoxy groups -OCH3 is 1. The SMILES string of the molecule is COc1ccc(N2C(=O)[C@@H]3[C@@H](C2=O)[C@H]2C=C[C@H]3O2)c([N+](=O)[O-])c1. The van der Waals surface area contributed by atoms with Gasteiger partial charge in [-0.1, -0.05) is 12.2 Å². The summed E-state index contributed by atoms with van der Waals surface area (Å²) in [7, 11) is 1.38. The van der Waals surface area contributed by atoms with Crippen molar-refractivity contribution in [2.75, 3.05) is 12.0 Å². The molecule has 0 radical (unpaired) electrons. The van der Waals surface area contributed by atoms with Crippen LogP contribution < -0.4 is 9.64 Å². The highest BCUT2D eigenvalue weighted by Gasteiger charge is 2.61. The Morgan fingerprint density at radius 1 is 1.17 bits per heavy atom. The van der Waals surface area contributed by atoms with E-state index in [1.165, 1.54) is 25.3 Å². The van der Waals surface area contributed by atoms with Crippen LogP contribution in [0.1, 0.15) is 0 Å². The minimum Gasteiger partial charge on any atom is -0.496 e. The van der Waals surface area contributed by atoms with Crippen molar-refractivity contribution in [2.45, 2.75) is 12.2 Å². The number of ether oxygens (including phenoxy) is 2. The number of imide groups is 1. The minimum absolute atomic E-state index is 0.0281. The Bertz CT molecular complexity index is 743. The van der Waals surface area contributed by atoms with Crippen LogP contribution in [0.15, 0.2) is 30.4 Å². The second-order valence-corrected chi connectivity index (χ2v) is 5.63. The maximum atomic E-state index is 12.7. The average Bonchev–Trinajstić information content (AvgIpc) is 3.21. The molecule has 1 aromatic rings. The fourth-order valence-corrected chi connectivity index (χ4v) is 3.51. The van der Waals surface area contributed by atoms with E-state index in [9.17, 15) is 19.7 Å². The van der Waals surface area contributed by atoms with Gasteiger partial charge in [-0.05, 0) is 12.1 Å². The van der Waals surface area contributed by atoms with Crippen LogP contribution in [0.25, 0.3) is 0 Å². The molecule has 2 fully saturated rings. The van der Waals surface area contributed by atoms with Crippen LogP contribution in [0.4, 0.5) is 11.4 Å². The zero-order valence-electron chi connectivity index (χ0n) is 12.0. The van der Waals surface area contributed by atoms with Crippen molar-refractivity contribution in [1.29, 1.82) is 0 Å². The lowest BCUT2D eigenvalue weighted by Crippen LogP contribution is -2.34. The van der Waals surface area contributed by atoms with E-state index in [0.29, 0.717) is 0 Å². The van der Waals surface area contributed by atoms with Crippen molar-refractivity contribution in [2.24, 2.45) is 11.8 Å². The van der Waals surface area contributed by atoms with Crippen molar-refractivity contribution in [3.05, 3.63) is 40.5 Å². The Balaban J connectivity index is 1.79. The molecule has 0 unspecified atom stereocenters. The van der Waals surface area contributed by atoms with Gasteiger partial charge >= 0.3 is 0 Å². The topological polar surface area (TPSA) is 99.0 Å². The molecule has 0 aromatic heterocycles. The maximum Gasteiger partial charge on any atom is 0.297 e. The van der Waals surface area contributed by atoms with Gasteiger partial charge in [0.05, 0.1) is 42.1 Å². The summed E-state index contributed by atoms with van der Waals surface area (Å²) in [5.74, 6) is -1.82. The molecule has 4 atom stereocenters. The standard InChI is InChI=1S/C15H12N2O6/c1-22-7-2-3-8(9(6-7)17(20)21)16-14(18)12-10-4-5-11(23-10)13(12)15(16)19/h2-6,10-13H,1H3/t10-,11-,12+,13+/m1/s1. The minimum atomic E-state index is -0.629. The molecular formula is C15H12N2O6. The van der Waals surface area contributed by atoms with E-state index < -0.39 is 40.8 Å². The van der Waals surface area contributed by atoms with Crippen molar-refractivity contribution < 1.29 is 24.0 Å². The molecule has 3 aliphatic rings. The second kappa shape index (κ2) is 4.63. The first-order valence-corrected chi connectivity index (χ1v) is 7.07. The van der Waals surface area contributed by atoms with E-state index in [0.717, 1.165) is 4.90 Å². The largest absolute Gasteiger partial charge is 0.496 e. The van der Waals surface area contributed by atoms with Crippen LogP contribution >= 0.6 is 0 Å². The van der Waals surface area contributed by atoms with Crippen molar-refractivity contribution in [3.8, 4) is 5.75 Å². The molecule has 0 aliphatic carbocycles. The van der Waals surface area contributed by atoms with E-state index in [-0.39, 0.29) is 17.1 Å². The third kappa shape index (κ3) is 1.75. The number of carbonyl (C=O) groups excluding carboxylic acids is 2. The zero-order chi connectivity index (χ0) is 16.3. The first-order valence-electron chi connectivity index (χ1n) is 7.07. The predicted octanol–water partition coefficient (Wildman–Crippen LogP) is 1.05. The van der Waals surface area contributed by atoms with E-state index >= 15 is 0 Å². The van der Waals surface area contributed by atoms with Gasteiger partial charge in [-0.2, -0.15) is 0 Å². The number of nitrogens with zero attached hydrogens (tertiary/aromatic N) is 2. The van der Waals surface area contributed by atoms with E-state index in [1.807, 2.05) is 0 Å². The molecule has 3 heterocycles. The Kier molecular flexibility index (Phi) is 2.79. The van der Waals surface area contributed by atoms with Gasteiger partial charge in [0.2, 0.25) is 11.8 Å². The van der Waals surface area contributed by atoms with Crippen LogP contribution in [-0.4, -0.2) is 36.1 Å². The highest BCUT2D eigenvalue weighted by molar-refractivity contribution is 6.24. The monoisotopic (exact) mass is 316 g/mol. The fraction of sp³-hybridized carbons (Fsp3) is 0.333. The summed E-state index contributed by atoms with van der Waals surface area (Å²) in [6, 6.07) is 4.05. The number of anilines is 1. The maximum absolute atomic E-state index is 12.7. The van der Waals surface area contributed by atoms with E-state index in [1.54, 1.807) is 12.2 Å². The van der Waals surface area contributed by atoms with Gasteiger partial charge in [-0.15, -0.1) is 0 Å². The number of fused-ring (bicyclic) bond motifs is 5. The molecular weight excluding hydrogens is 304 g/mol. The lowest BCUT2D eigenvalue weighted by molar-refractivity contribution is -0.384. The molecule has 2 bridgehead atoms. The average molecular weight is 316 g/mol. The number of amides is 2. The summed E-state index contributed by atoms with van der Waals surface area (Å²) in [6.07, 6.45) is 2.68. The molecule has 3 aliphatic heterocycles. The summed E-state index contributed by atoms with van der Waals surface area (Å²) >= 11 is 0. The lowest BCUT2D eigenvalue weighted by atomic mass is 9.85. The Labute approximate surface area is 130 Å². The number of hydrogen-bond acceptors (Lipinski definition) is 6.